The van der Waals surface area contributed by atoms with E-state index in [0.29, 0.717) is 25.5 Å². The van der Waals surface area contributed by atoms with Crippen molar-refractivity contribution in [3.05, 3.63) is 35.4 Å². The molecule has 0 bridgehead atoms. The molecule has 1 fully saturated rings. The zero-order valence-electron chi connectivity index (χ0n) is 13.8. The number of nitrogens with two attached hydrogens (primary N) is 1. The summed E-state index contributed by atoms with van der Waals surface area (Å²) < 4.78 is 11.3. The molecule has 2 heterocycles. The minimum atomic E-state index is -0.491. The molecule has 23 heavy (non-hydrogen) atoms. The maximum Gasteiger partial charge on any atom is 0.410 e. The third-order valence-corrected chi connectivity index (χ3v) is 3.87. The van der Waals surface area contributed by atoms with Gasteiger partial charge >= 0.3 is 6.09 Å². The van der Waals surface area contributed by atoms with E-state index in [9.17, 15) is 4.79 Å². The summed E-state index contributed by atoms with van der Waals surface area (Å²) in [5.74, 6) is 0.646. The van der Waals surface area contributed by atoms with Gasteiger partial charge in [-0.25, -0.2) is 9.79 Å². The highest BCUT2D eigenvalue weighted by Gasteiger charge is 2.42. The van der Waals surface area contributed by atoms with Crippen LogP contribution >= 0.6 is 0 Å². The minimum Gasteiger partial charge on any atom is -0.470 e. The van der Waals surface area contributed by atoms with Crippen molar-refractivity contribution in [1.82, 2.24) is 4.90 Å². The summed E-state index contributed by atoms with van der Waals surface area (Å²) >= 11 is 0. The molecule has 124 valence electrons. The molecule has 0 saturated carbocycles. The average molecular weight is 317 g/mol. The molecule has 0 radical (unpaired) electrons. The Kier molecular flexibility index (Phi) is 4.02. The standard InChI is InChI=1S/C17H23N3O3/c1-17(2,3)23-16(21)20-9-13-14(10-20)22-15(19-13)12-6-4-11(8-18)5-7-12/h4-7,13-14H,8-10,18H2,1-3H3. The van der Waals surface area contributed by atoms with Crippen molar-refractivity contribution >= 4 is 12.0 Å². The maximum atomic E-state index is 12.1. The van der Waals surface area contributed by atoms with Crippen LogP contribution in [0.4, 0.5) is 4.79 Å². The van der Waals surface area contributed by atoms with Gasteiger partial charge in [0.2, 0.25) is 5.90 Å². The topological polar surface area (TPSA) is 77.2 Å². The molecule has 1 saturated heterocycles. The quantitative estimate of drug-likeness (QED) is 0.904. The number of aliphatic imine (C=N–C) groups is 1. The second kappa shape index (κ2) is 5.85. The zero-order chi connectivity index (χ0) is 16.6. The molecule has 6 nitrogen and oxygen atoms in total. The lowest BCUT2D eigenvalue weighted by atomic mass is 10.1. The van der Waals surface area contributed by atoms with Crippen LogP contribution in [-0.2, 0) is 16.0 Å². The number of benzene rings is 1. The van der Waals surface area contributed by atoms with Crippen LogP contribution < -0.4 is 5.73 Å². The molecule has 1 amide bonds. The molecule has 3 rings (SSSR count). The van der Waals surface area contributed by atoms with Crippen molar-refractivity contribution in [3.8, 4) is 0 Å². The fourth-order valence-electron chi connectivity index (χ4n) is 2.72. The van der Waals surface area contributed by atoms with Gasteiger partial charge in [-0.1, -0.05) is 12.1 Å². The first-order valence-corrected chi connectivity index (χ1v) is 7.87. The first-order valence-electron chi connectivity index (χ1n) is 7.87. The summed E-state index contributed by atoms with van der Waals surface area (Å²) in [6.45, 7) is 7.14. The van der Waals surface area contributed by atoms with E-state index in [1.807, 2.05) is 45.0 Å². The molecule has 0 spiro atoms. The minimum absolute atomic E-state index is 0.0216. The van der Waals surface area contributed by atoms with Crippen LogP contribution in [0.3, 0.4) is 0 Å². The van der Waals surface area contributed by atoms with Crippen molar-refractivity contribution in [2.45, 2.75) is 45.1 Å². The van der Waals surface area contributed by atoms with Gasteiger partial charge in [0.15, 0.2) is 0 Å². The summed E-state index contributed by atoms with van der Waals surface area (Å²) in [4.78, 5) is 18.4. The van der Waals surface area contributed by atoms with Gasteiger partial charge in [-0.15, -0.1) is 0 Å². The Morgan fingerprint density at radius 3 is 2.61 bits per heavy atom. The third-order valence-electron chi connectivity index (χ3n) is 3.87. The van der Waals surface area contributed by atoms with Gasteiger partial charge in [-0.05, 0) is 38.5 Å². The predicted molar refractivity (Wildman–Crippen MR) is 87.3 cm³/mol. The van der Waals surface area contributed by atoms with Crippen molar-refractivity contribution in [2.24, 2.45) is 10.7 Å². The number of rotatable bonds is 2. The lowest BCUT2D eigenvalue weighted by molar-refractivity contribution is 0.0272. The lowest BCUT2D eigenvalue weighted by Crippen LogP contribution is -2.36. The Bertz CT molecular complexity index is 619. The Hall–Kier alpha value is -2.08. The largest absolute Gasteiger partial charge is 0.470 e. The van der Waals surface area contributed by atoms with E-state index in [4.69, 9.17) is 15.2 Å². The van der Waals surface area contributed by atoms with E-state index in [1.165, 1.54) is 0 Å². The Balaban J connectivity index is 1.64. The van der Waals surface area contributed by atoms with Crippen LogP contribution in [0.25, 0.3) is 0 Å². The number of fused-ring (bicyclic) bond motifs is 1. The van der Waals surface area contributed by atoms with Crippen molar-refractivity contribution in [1.29, 1.82) is 0 Å². The second-order valence-corrected chi connectivity index (χ2v) is 6.94. The molecule has 2 atom stereocenters. The van der Waals surface area contributed by atoms with Crippen LogP contribution in [0.15, 0.2) is 29.3 Å². The number of ether oxygens (including phenoxy) is 2. The summed E-state index contributed by atoms with van der Waals surface area (Å²) in [7, 11) is 0. The molecule has 2 N–H and O–H groups in total. The molecule has 2 aliphatic rings. The van der Waals surface area contributed by atoms with Crippen LogP contribution in [-0.4, -0.2) is 47.7 Å². The van der Waals surface area contributed by atoms with Gasteiger partial charge in [0.05, 0.1) is 13.1 Å². The van der Waals surface area contributed by atoms with Crippen molar-refractivity contribution < 1.29 is 14.3 Å². The summed E-state index contributed by atoms with van der Waals surface area (Å²) in [5, 5.41) is 0. The number of likely N-dealkylation sites (tertiary alicyclic amines) is 1. The Morgan fingerprint density at radius 1 is 1.35 bits per heavy atom. The number of carbonyl (C=O) groups excluding carboxylic acids is 1. The monoisotopic (exact) mass is 317 g/mol. The van der Waals surface area contributed by atoms with Crippen LogP contribution in [0, 0.1) is 0 Å². The Labute approximate surface area is 136 Å². The first kappa shape index (κ1) is 15.8. The van der Waals surface area contributed by atoms with Crippen LogP contribution in [0.1, 0.15) is 31.9 Å². The Morgan fingerprint density at radius 2 is 2.04 bits per heavy atom. The SMILES string of the molecule is CC(C)(C)OC(=O)N1CC2N=C(c3ccc(CN)cc3)OC2C1. The number of hydrogen-bond acceptors (Lipinski definition) is 5. The third kappa shape index (κ3) is 3.47. The molecule has 2 aliphatic heterocycles. The molecule has 1 aromatic rings. The molecule has 2 unspecified atom stereocenters. The summed E-state index contributed by atoms with van der Waals surface area (Å²) in [5.41, 5.74) is 7.13. The fourth-order valence-corrected chi connectivity index (χ4v) is 2.72. The van der Waals surface area contributed by atoms with E-state index in [1.54, 1.807) is 4.90 Å². The van der Waals surface area contributed by atoms with Gasteiger partial charge < -0.3 is 20.1 Å². The van der Waals surface area contributed by atoms with E-state index < -0.39 is 5.60 Å². The number of carbonyl (C=O) groups is 1. The molecule has 1 aromatic carbocycles. The maximum absolute atomic E-state index is 12.1. The van der Waals surface area contributed by atoms with Gasteiger partial charge in [-0.2, -0.15) is 0 Å². The second-order valence-electron chi connectivity index (χ2n) is 6.94. The molecular formula is C17H23N3O3. The van der Waals surface area contributed by atoms with Crippen molar-refractivity contribution in [3.63, 3.8) is 0 Å². The highest BCUT2D eigenvalue weighted by Crippen LogP contribution is 2.26. The smallest absolute Gasteiger partial charge is 0.410 e. The predicted octanol–water partition coefficient (Wildman–Crippen LogP) is 1.91. The highest BCUT2D eigenvalue weighted by atomic mass is 16.6. The molecule has 0 aromatic heterocycles. The number of hydrogen-bond donors (Lipinski definition) is 1. The van der Waals surface area contributed by atoms with E-state index in [2.05, 4.69) is 4.99 Å². The average Bonchev–Trinajstić information content (AvgIpc) is 3.04. The highest BCUT2D eigenvalue weighted by molar-refractivity contribution is 5.95. The first-order chi connectivity index (χ1) is 10.9. The van der Waals surface area contributed by atoms with E-state index in [0.717, 1.165) is 11.1 Å². The fraction of sp³-hybridized carbons (Fsp3) is 0.529. The number of nitrogens with zero attached hydrogens (tertiary/aromatic N) is 2. The zero-order valence-corrected chi connectivity index (χ0v) is 13.8. The summed E-state index contributed by atoms with van der Waals surface area (Å²) in [6, 6.07) is 7.86. The summed E-state index contributed by atoms with van der Waals surface area (Å²) in [6.07, 6.45) is -0.397. The lowest BCUT2D eigenvalue weighted by Gasteiger charge is -2.24. The molecule has 6 heteroatoms. The van der Waals surface area contributed by atoms with Gasteiger partial charge in [0, 0.05) is 12.1 Å². The van der Waals surface area contributed by atoms with Gasteiger partial charge in [-0.3, -0.25) is 0 Å². The molecular weight excluding hydrogens is 294 g/mol. The number of amides is 1. The molecule has 0 aliphatic carbocycles. The van der Waals surface area contributed by atoms with E-state index in [-0.39, 0.29) is 18.2 Å². The van der Waals surface area contributed by atoms with E-state index >= 15 is 0 Å². The van der Waals surface area contributed by atoms with Crippen LogP contribution in [0.2, 0.25) is 0 Å². The normalized spacial score (nSPS) is 23.3. The van der Waals surface area contributed by atoms with Crippen molar-refractivity contribution in [2.75, 3.05) is 13.1 Å². The van der Waals surface area contributed by atoms with Gasteiger partial charge in [0.1, 0.15) is 17.7 Å². The van der Waals surface area contributed by atoms with Gasteiger partial charge in [0.25, 0.3) is 0 Å². The van der Waals surface area contributed by atoms with Crippen LogP contribution in [0.5, 0.6) is 0 Å².